The Hall–Kier alpha value is -1.50. The van der Waals surface area contributed by atoms with E-state index >= 15 is 0 Å². The van der Waals surface area contributed by atoms with Crippen molar-refractivity contribution < 1.29 is 21.7 Å². The standard InChI is InChI=1S/C14H14FS.BF4/c15-11-12-16(13-7-3-1-4-8-13)14-9-5-2-6-10-14;2-1(3,4)5/h1-10H,11-12H2;/q+1;-1. The molecule has 0 saturated heterocycles. The molecule has 2 aromatic rings. The molecular formula is C14H14BF5S. The third-order valence-corrected chi connectivity index (χ3v) is 4.58. The first kappa shape index (κ1) is 17.6. The van der Waals surface area contributed by atoms with Gasteiger partial charge in [0, 0.05) is 0 Å². The Morgan fingerprint density at radius 2 is 1.05 bits per heavy atom. The Kier molecular flexibility index (Phi) is 7.29. The SMILES string of the molecule is FCC[S+](c1ccccc1)c1ccccc1.F[B-](F)(F)F. The van der Waals surface area contributed by atoms with Crippen molar-refractivity contribution in [2.75, 3.05) is 12.4 Å². The maximum Gasteiger partial charge on any atom is 0.673 e. The average molecular weight is 320 g/mol. The minimum absolute atomic E-state index is 0.126. The van der Waals surface area contributed by atoms with Crippen LogP contribution in [0.3, 0.4) is 0 Å². The molecule has 0 aliphatic rings. The van der Waals surface area contributed by atoms with Gasteiger partial charge in [-0.25, -0.2) is 4.39 Å². The Morgan fingerprint density at radius 3 is 1.33 bits per heavy atom. The van der Waals surface area contributed by atoms with Gasteiger partial charge in [0.25, 0.3) is 0 Å². The highest BCUT2D eigenvalue weighted by molar-refractivity contribution is 7.97. The molecule has 0 aliphatic carbocycles. The van der Waals surface area contributed by atoms with E-state index in [1.807, 2.05) is 36.4 Å². The quantitative estimate of drug-likeness (QED) is 0.423. The van der Waals surface area contributed by atoms with Crippen molar-refractivity contribution in [3.05, 3.63) is 60.7 Å². The second kappa shape index (κ2) is 8.72. The van der Waals surface area contributed by atoms with Gasteiger partial charge < -0.3 is 17.3 Å². The minimum atomic E-state index is -6.00. The molecule has 0 heterocycles. The van der Waals surface area contributed by atoms with Crippen molar-refractivity contribution in [2.45, 2.75) is 9.79 Å². The van der Waals surface area contributed by atoms with Gasteiger partial charge in [-0.15, -0.1) is 0 Å². The van der Waals surface area contributed by atoms with Crippen LogP contribution in [0.5, 0.6) is 0 Å². The average Bonchev–Trinajstić information content (AvgIpc) is 2.45. The molecule has 0 atom stereocenters. The first-order valence-corrected chi connectivity index (χ1v) is 7.55. The van der Waals surface area contributed by atoms with Gasteiger partial charge in [-0.2, -0.15) is 0 Å². The van der Waals surface area contributed by atoms with E-state index in [2.05, 4.69) is 24.3 Å². The predicted octanol–water partition coefficient (Wildman–Crippen LogP) is 4.99. The lowest BCUT2D eigenvalue weighted by Crippen LogP contribution is -2.10. The molecule has 0 N–H and O–H groups in total. The molecule has 0 saturated carbocycles. The zero-order valence-corrected chi connectivity index (χ0v) is 11.9. The molecule has 2 rings (SSSR count). The van der Waals surface area contributed by atoms with Crippen LogP contribution in [0.4, 0.5) is 21.7 Å². The summed E-state index contributed by atoms with van der Waals surface area (Å²) >= 11 is 0. The lowest BCUT2D eigenvalue weighted by atomic mass is 10.3. The van der Waals surface area contributed by atoms with Crippen molar-refractivity contribution in [1.82, 2.24) is 0 Å². The molecular weight excluding hydrogens is 306 g/mol. The van der Waals surface area contributed by atoms with Crippen LogP contribution in [0.15, 0.2) is 70.5 Å². The van der Waals surface area contributed by atoms with Gasteiger partial charge in [0.2, 0.25) is 0 Å². The molecule has 0 unspecified atom stereocenters. The lowest BCUT2D eigenvalue weighted by Gasteiger charge is -2.05. The molecule has 0 fully saturated rings. The summed E-state index contributed by atoms with van der Waals surface area (Å²) in [5.74, 6) is 0.577. The zero-order chi connectivity index (χ0) is 15.7. The van der Waals surface area contributed by atoms with Gasteiger partial charge >= 0.3 is 7.25 Å². The van der Waals surface area contributed by atoms with E-state index in [1.54, 1.807) is 0 Å². The van der Waals surface area contributed by atoms with Crippen LogP contribution in [0.1, 0.15) is 0 Å². The summed E-state index contributed by atoms with van der Waals surface area (Å²) in [5.41, 5.74) is 0. The maximum atomic E-state index is 12.6. The van der Waals surface area contributed by atoms with Crippen LogP contribution in [0, 0.1) is 0 Å². The molecule has 114 valence electrons. The Balaban J connectivity index is 0.000000383. The summed E-state index contributed by atoms with van der Waals surface area (Å²) in [6.07, 6.45) is 0. The number of hydrogen-bond donors (Lipinski definition) is 0. The zero-order valence-electron chi connectivity index (χ0n) is 11.1. The van der Waals surface area contributed by atoms with Gasteiger partial charge in [-0.1, -0.05) is 36.4 Å². The van der Waals surface area contributed by atoms with Crippen molar-refractivity contribution in [3.63, 3.8) is 0 Å². The van der Waals surface area contributed by atoms with Crippen molar-refractivity contribution in [1.29, 1.82) is 0 Å². The van der Waals surface area contributed by atoms with Crippen LogP contribution >= 0.6 is 0 Å². The number of halogens is 5. The molecule has 0 aliphatic heterocycles. The number of alkyl halides is 1. The second-order valence-electron chi connectivity index (χ2n) is 3.90. The largest absolute Gasteiger partial charge is 0.673 e. The Labute approximate surface area is 123 Å². The van der Waals surface area contributed by atoms with Crippen LogP contribution in [-0.4, -0.2) is 19.7 Å². The van der Waals surface area contributed by atoms with E-state index in [4.69, 9.17) is 0 Å². The fraction of sp³-hybridized carbons (Fsp3) is 0.143. The van der Waals surface area contributed by atoms with E-state index in [0.29, 0.717) is 5.75 Å². The highest BCUT2D eigenvalue weighted by atomic mass is 32.2. The topological polar surface area (TPSA) is 0 Å². The molecule has 0 bridgehead atoms. The third kappa shape index (κ3) is 7.75. The van der Waals surface area contributed by atoms with Crippen LogP contribution in [0.2, 0.25) is 0 Å². The lowest BCUT2D eigenvalue weighted by molar-refractivity contribution is 0.368. The van der Waals surface area contributed by atoms with E-state index in [1.165, 1.54) is 9.79 Å². The molecule has 2 aromatic carbocycles. The van der Waals surface area contributed by atoms with Gasteiger partial charge in [0.15, 0.2) is 9.79 Å². The van der Waals surface area contributed by atoms with Gasteiger partial charge in [-0.3, -0.25) is 0 Å². The molecule has 0 aromatic heterocycles. The molecule has 7 heteroatoms. The highest BCUT2D eigenvalue weighted by Crippen LogP contribution is 2.22. The number of rotatable bonds is 4. The van der Waals surface area contributed by atoms with Crippen molar-refractivity contribution in [2.24, 2.45) is 0 Å². The normalized spacial score (nSPS) is 11.0. The van der Waals surface area contributed by atoms with Crippen LogP contribution in [0.25, 0.3) is 0 Å². The molecule has 0 spiro atoms. The summed E-state index contributed by atoms with van der Waals surface area (Å²) in [4.78, 5) is 2.43. The molecule has 0 radical (unpaired) electrons. The summed E-state index contributed by atoms with van der Waals surface area (Å²) in [6, 6.07) is 20.3. The summed E-state index contributed by atoms with van der Waals surface area (Å²) in [5, 5.41) is 0. The maximum absolute atomic E-state index is 12.6. The number of hydrogen-bond acceptors (Lipinski definition) is 0. The second-order valence-corrected chi connectivity index (χ2v) is 6.04. The molecule has 0 amide bonds. The fourth-order valence-electron chi connectivity index (χ4n) is 1.62. The molecule has 21 heavy (non-hydrogen) atoms. The van der Waals surface area contributed by atoms with Gasteiger partial charge in [0.1, 0.15) is 12.4 Å². The smallest absolute Gasteiger partial charge is 0.418 e. The van der Waals surface area contributed by atoms with E-state index < -0.39 is 7.25 Å². The van der Waals surface area contributed by atoms with Crippen molar-refractivity contribution in [3.8, 4) is 0 Å². The fourth-order valence-corrected chi connectivity index (χ4v) is 3.49. The van der Waals surface area contributed by atoms with E-state index in [-0.39, 0.29) is 17.6 Å². The van der Waals surface area contributed by atoms with Crippen LogP contribution in [-0.2, 0) is 10.9 Å². The monoisotopic (exact) mass is 320 g/mol. The minimum Gasteiger partial charge on any atom is -0.418 e. The predicted molar refractivity (Wildman–Crippen MR) is 77.8 cm³/mol. The van der Waals surface area contributed by atoms with E-state index in [0.717, 1.165) is 0 Å². The molecule has 0 nitrogen and oxygen atoms in total. The number of benzene rings is 2. The summed E-state index contributed by atoms with van der Waals surface area (Å²) in [7, 11) is -6.13. The first-order chi connectivity index (χ1) is 9.92. The highest BCUT2D eigenvalue weighted by Gasteiger charge is 2.24. The van der Waals surface area contributed by atoms with Crippen molar-refractivity contribution >= 4 is 18.1 Å². The Morgan fingerprint density at radius 1 is 0.714 bits per heavy atom. The summed E-state index contributed by atoms with van der Waals surface area (Å²) < 4.78 is 51.6. The van der Waals surface area contributed by atoms with E-state index in [9.17, 15) is 21.7 Å². The first-order valence-electron chi connectivity index (χ1n) is 6.16. The van der Waals surface area contributed by atoms with Gasteiger partial charge in [0.05, 0.1) is 10.9 Å². The Bertz CT molecular complexity index is 458. The summed E-state index contributed by atoms with van der Waals surface area (Å²) in [6.45, 7) is -0.271. The van der Waals surface area contributed by atoms with Gasteiger partial charge in [-0.05, 0) is 24.3 Å². The van der Waals surface area contributed by atoms with Crippen LogP contribution < -0.4 is 0 Å². The third-order valence-electron chi connectivity index (χ3n) is 2.34.